The minimum atomic E-state index is -4.54. The Kier molecular flexibility index (Phi) is 8.14. The summed E-state index contributed by atoms with van der Waals surface area (Å²) in [6.45, 7) is 14.9. The molecule has 0 fully saturated rings. The van der Waals surface area contributed by atoms with Crippen LogP contribution in [0.25, 0.3) is 0 Å². The van der Waals surface area contributed by atoms with Crippen molar-refractivity contribution in [1.29, 1.82) is 5.26 Å². The van der Waals surface area contributed by atoms with Crippen LogP contribution in [-0.2, 0) is 0 Å². The molecule has 1 aliphatic rings. The molecule has 0 amide bonds. The van der Waals surface area contributed by atoms with Gasteiger partial charge < -0.3 is 0 Å². The summed E-state index contributed by atoms with van der Waals surface area (Å²) in [5, 5.41) is 9.27. The molecule has 1 unspecified atom stereocenters. The lowest BCUT2D eigenvalue weighted by molar-refractivity contribution is -0.0921. The van der Waals surface area contributed by atoms with Crippen LogP contribution >= 0.6 is 0 Å². The van der Waals surface area contributed by atoms with Crippen LogP contribution in [0.2, 0.25) is 0 Å². The van der Waals surface area contributed by atoms with E-state index in [1.165, 1.54) is 13.1 Å². The molecule has 156 valence electrons. The Bertz CT molecular complexity index is 870. The summed E-state index contributed by atoms with van der Waals surface area (Å²) in [6.07, 6.45) is 3.85. The van der Waals surface area contributed by atoms with E-state index in [9.17, 15) is 18.4 Å². The highest BCUT2D eigenvalue weighted by Crippen LogP contribution is 2.30. The third kappa shape index (κ3) is 7.69. The maximum Gasteiger partial charge on any atom is 0.433 e. The van der Waals surface area contributed by atoms with Gasteiger partial charge in [-0.1, -0.05) is 31.2 Å². The number of aliphatic imine (C=N–C) groups is 2. The van der Waals surface area contributed by atoms with E-state index < -0.39 is 17.3 Å². The first kappa shape index (κ1) is 24.4. The predicted molar refractivity (Wildman–Crippen MR) is 114 cm³/mol. The Morgan fingerprint density at radius 1 is 1.34 bits per heavy atom. The molecule has 0 radical (unpaired) electrons. The zero-order valence-electron chi connectivity index (χ0n) is 17.9. The van der Waals surface area contributed by atoms with Crippen molar-refractivity contribution in [1.82, 2.24) is 0 Å². The second-order valence-corrected chi connectivity index (χ2v) is 7.81. The molecule has 0 aromatic carbocycles. The molecule has 0 saturated heterocycles. The van der Waals surface area contributed by atoms with E-state index in [2.05, 4.69) is 22.6 Å². The van der Waals surface area contributed by atoms with Crippen molar-refractivity contribution in [3.63, 3.8) is 0 Å². The summed E-state index contributed by atoms with van der Waals surface area (Å²) in [4.78, 5) is 7.96. The SMILES string of the molecule is C=C(/C(C)=C\C(=C/C)CC(C)(C)C#N)C1=C\C(C)\C=N/C(C(F)(F)F)=C/C(C)=N/1. The van der Waals surface area contributed by atoms with Crippen LogP contribution in [0.3, 0.4) is 0 Å². The predicted octanol–water partition coefficient (Wildman–Crippen LogP) is 6.89. The molecule has 0 spiro atoms. The molecular weight excluding hydrogens is 375 g/mol. The number of allylic oxidation sites excluding steroid dienone is 7. The lowest BCUT2D eigenvalue weighted by Gasteiger charge is -2.17. The number of rotatable bonds is 5. The molecule has 0 aliphatic carbocycles. The molecule has 29 heavy (non-hydrogen) atoms. The molecule has 0 aromatic heterocycles. The fraction of sp³-hybridized carbons (Fsp3) is 0.435. The molecule has 0 aromatic rings. The maximum absolute atomic E-state index is 13.1. The highest BCUT2D eigenvalue weighted by Gasteiger charge is 2.34. The van der Waals surface area contributed by atoms with Gasteiger partial charge in [-0.3, -0.25) is 9.98 Å². The maximum atomic E-state index is 13.1. The molecular formula is C23H28F3N3. The zero-order chi connectivity index (χ0) is 22.4. The van der Waals surface area contributed by atoms with Gasteiger partial charge in [0, 0.05) is 17.8 Å². The average Bonchev–Trinajstić information content (AvgIpc) is 2.68. The van der Waals surface area contributed by atoms with Crippen molar-refractivity contribution in [2.45, 2.75) is 54.1 Å². The summed E-state index contributed by atoms with van der Waals surface area (Å²) in [5.74, 6) is -0.353. The quantitative estimate of drug-likeness (QED) is 0.461. The van der Waals surface area contributed by atoms with Gasteiger partial charge in [0.05, 0.1) is 17.2 Å². The van der Waals surface area contributed by atoms with Crippen molar-refractivity contribution in [2.24, 2.45) is 21.3 Å². The first-order chi connectivity index (χ1) is 13.3. The standard InChI is InChI=1S/C23H28F3N3/c1-8-19(12-22(6,7)14-27)10-16(3)18(5)20-9-15(2)13-28-21(23(24,25)26)11-17(4)29-20/h8-11,13,15H,5,12H2,1-4,6-7H3/b16-10-,19-8+,20-9-,21-11+,28-13-,29-17+. The van der Waals surface area contributed by atoms with Crippen LogP contribution in [-0.4, -0.2) is 18.1 Å². The van der Waals surface area contributed by atoms with Gasteiger partial charge in [0.1, 0.15) is 5.70 Å². The van der Waals surface area contributed by atoms with Crippen molar-refractivity contribution in [2.75, 3.05) is 0 Å². The van der Waals surface area contributed by atoms with E-state index >= 15 is 0 Å². The number of hydrogen-bond acceptors (Lipinski definition) is 3. The molecule has 0 N–H and O–H groups in total. The molecule has 1 aliphatic heterocycles. The van der Waals surface area contributed by atoms with E-state index in [0.29, 0.717) is 17.7 Å². The van der Waals surface area contributed by atoms with Gasteiger partial charge in [-0.15, -0.1) is 0 Å². The molecule has 3 nitrogen and oxygen atoms in total. The summed E-state index contributed by atoms with van der Waals surface area (Å²) in [7, 11) is 0. The van der Waals surface area contributed by atoms with Crippen LogP contribution in [0, 0.1) is 22.7 Å². The first-order valence-corrected chi connectivity index (χ1v) is 9.33. The van der Waals surface area contributed by atoms with E-state index in [-0.39, 0.29) is 11.6 Å². The monoisotopic (exact) mass is 403 g/mol. The van der Waals surface area contributed by atoms with Gasteiger partial charge in [-0.2, -0.15) is 18.4 Å². The number of hydrogen-bond donors (Lipinski definition) is 0. The molecule has 1 rings (SSSR count). The zero-order valence-corrected chi connectivity index (χ0v) is 17.9. The van der Waals surface area contributed by atoms with Crippen molar-refractivity contribution in [3.05, 3.63) is 59.0 Å². The van der Waals surface area contributed by atoms with E-state index in [1.54, 1.807) is 13.0 Å². The first-order valence-electron chi connectivity index (χ1n) is 9.33. The smallest absolute Gasteiger partial charge is 0.255 e. The Labute approximate surface area is 171 Å². The Hall–Kier alpha value is -2.68. The number of nitriles is 1. The third-order valence-electron chi connectivity index (χ3n) is 4.31. The molecule has 6 heteroatoms. The molecule has 1 atom stereocenters. The fourth-order valence-corrected chi connectivity index (χ4v) is 2.66. The van der Waals surface area contributed by atoms with E-state index in [0.717, 1.165) is 17.2 Å². The highest BCUT2D eigenvalue weighted by atomic mass is 19.4. The normalized spacial score (nSPS) is 25.8. The third-order valence-corrected chi connectivity index (χ3v) is 4.31. The number of alkyl halides is 3. The van der Waals surface area contributed by atoms with Gasteiger partial charge >= 0.3 is 6.18 Å². The minimum Gasteiger partial charge on any atom is -0.255 e. The van der Waals surface area contributed by atoms with E-state index in [4.69, 9.17) is 0 Å². The van der Waals surface area contributed by atoms with Gasteiger partial charge in [0.25, 0.3) is 0 Å². The lowest BCUT2D eigenvalue weighted by atomic mass is 9.86. The van der Waals surface area contributed by atoms with Gasteiger partial charge in [-0.05, 0) is 64.3 Å². The van der Waals surface area contributed by atoms with Crippen LogP contribution in [0.4, 0.5) is 13.2 Å². The average molecular weight is 403 g/mol. The number of halogens is 3. The fourth-order valence-electron chi connectivity index (χ4n) is 2.66. The van der Waals surface area contributed by atoms with Gasteiger partial charge in [0.2, 0.25) is 0 Å². The molecule has 0 bridgehead atoms. The highest BCUT2D eigenvalue weighted by molar-refractivity contribution is 5.95. The number of nitrogens with zero attached hydrogens (tertiary/aromatic N) is 3. The second kappa shape index (κ2) is 9.69. The summed E-state index contributed by atoms with van der Waals surface area (Å²) >= 11 is 0. The minimum absolute atomic E-state index is 0.195. The summed E-state index contributed by atoms with van der Waals surface area (Å²) in [6, 6.07) is 2.28. The van der Waals surface area contributed by atoms with Crippen LogP contribution < -0.4 is 0 Å². The topological polar surface area (TPSA) is 48.5 Å². The summed E-state index contributed by atoms with van der Waals surface area (Å²) < 4.78 is 39.3. The second-order valence-electron chi connectivity index (χ2n) is 7.81. The van der Waals surface area contributed by atoms with Crippen LogP contribution in [0.15, 0.2) is 69.0 Å². The van der Waals surface area contributed by atoms with E-state index in [1.807, 2.05) is 39.8 Å². The van der Waals surface area contributed by atoms with Gasteiger partial charge in [-0.25, -0.2) is 0 Å². The largest absolute Gasteiger partial charge is 0.433 e. The van der Waals surface area contributed by atoms with Crippen molar-refractivity contribution < 1.29 is 13.2 Å². The lowest BCUT2D eigenvalue weighted by Crippen LogP contribution is -2.12. The van der Waals surface area contributed by atoms with Crippen LogP contribution in [0.5, 0.6) is 0 Å². The Balaban J connectivity index is 3.29. The van der Waals surface area contributed by atoms with Crippen molar-refractivity contribution in [3.8, 4) is 6.07 Å². The van der Waals surface area contributed by atoms with Gasteiger partial charge in [0.15, 0.2) is 0 Å². The molecule has 1 heterocycles. The van der Waals surface area contributed by atoms with Crippen molar-refractivity contribution >= 4 is 11.9 Å². The molecule has 0 saturated carbocycles. The van der Waals surface area contributed by atoms with Crippen LogP contribution in [0.1, 0.15) is 48.0 Å². The Morgan fingerprint density at radius 3 is 2.48 bits per heavy atom. The summed E-state index contributed by atoms with van der Waals surface area (Å²) in [5.41, 5.74) is 1.64. The Morgan fingerprint density at radius 2 is 1.97 bits per heavy atom.